The average molecular weight is 385 g/mol. The molecule has 0 bridgehead atoms. The number of rotatable bonds is 8. The van der Waals surface area contributed by atoms with Crippen LogP contribution in [0.3, 0.4) is 0 Å². The van der Waals surface area contributed by atoms with Crippen molar-refractivity contribution in [1.82, 2.24) is 4.90 Å². The highest BCUT2D eigenvalue weighted by Crippen LogP contribution is 2.34. The predicted octanol–water partition coefficient (Wildman–Crippen LogP) is 4.78. The molecule has 2 aromatic rings. The Hall–Kier alpha value is -2.61. The molecule has 2 aromatic carbocycles. The molecule has 0 spiro atoms. The van der Waals surface area contributed by atoms with Crippen LogP contribution in [0.15, 0.2) is 36.4 Å². The fourth-order valence-electron chi connectivity index (χ4n) is 2.29. The normalized spacial score (nSPS) is 11.5. The van der Waals surface area contributed by atoms with Crippen molar-refractivity contribution >= 4 is 6.29 Å². The van der Waals surface area contributed by atoms with Gasteiger partial charge in [0.2, 0.25) is 0 Å². The topological polar surface area (TPSA) is 38.8 Å². The Morgan fingerprint density at radius 3 is 2.33 bits per heavy atom. The first-order valence-electron chi connectivity index (χ1n) is 8.12. The van der Waals surface area contributed by atoms with Gasteiger partial charge in [0, 0.05) is 18.7 Å². The van der Waals surface area contributed by atoms with E-state index in [4.69, 9.17) is 9.47 Å². The number of ether oxygens (including phenoxy) is 2. The molecule has 0 saturated carbocycles. The quantitative estimate of drug-likeness (QED) is 0.372. The number of carbonyl (C=O) groups excluding carboxylic acids is 1. The van der Waals surface area contributed by atoms with Gasteiger partial charge in [0.25, 0.3) is 0 Å². The van der Waals surface area contributed by atoms with Gasteiger partial charge in [-0.15, -0.1) is 0 Å². The molecule has 0 aromatic heterocycles. The van der Waals surface area contributed by atoms with Gasteiger partial charge >= 0.3 is 6.18 Å². The number of benzene rings is 2. The molecule has 4 nitrogen and oxygen atoms in total. The molecule has 27 heavy (non-hydrogen) atoms. The maximum atomic E-state index is 13.6. The Kier molecular flexibility index (Phi) is 6.79. The summed E-state index contributed by atoms with van der Waals surface area (Å²) >= 11 is 0. The highest BCUT2D eigenvalue weighted by Gasteiger charge is 2.34. The van der Waals surface area contributed by atoms with Crippen LogP contribution in [-0.4, -0.2) is 38.4 Å². The van der Waals surface area contributed by atoms with Crippen LogP contribution in [0.2, 0.25) is 0 Å². The lowest BCUT2D eigenvalue weighted by Gasteiger charge is -2.13. The van der Waals surface area contributed by atoms with Crippen LogP contribution in [0.25, 0.3) is 0 Å². The van der Waals surface area contributed by atoms with Gasteiger partial charge in [-0.3, -0.25) is 4.79 Å². The monoisotopic (exact) mass is 385 g/mol. The van der Waals surface area contributed by atoms with Crippen LogP contribution in [0.1, 0.15) is 22.3 Å². The molecule has 0 fully saturated rings. The van der Waals surface area contributed by atoms with Gasteiger partial charge < -0.3 is 14.4 Å². The van der Waals surface area contributed by atoms with Crippen molar-refractivity contribution < 1.29 is 31.8 Å². The van der Waals surface area contributed by atoms with E-state index in [0.717, 1.165) is 19.0 Å². The van der Waals surface area contributed by atoms with E-state index in [-0.39, 0.29) is 17.2 Å². The van der Waals surface area contributed by atoms with Gasteiger partial charge in [0.15, 0.2) is 6.29 Å². The van der Waals surface area contributed by atoms with Crippen LogP contribution in [0.5, 0.6) is 17.2 Å². The number of nitrogens with zero attached hydrogens (tertiary/aromatic N) is 1. The third-order valence-corrected chi connectivity index (χ3v) is 3.60. The second-order valence-electron chi connectivity index (χ2n) is 6.06. The second-order valence-corrected chi connectivity index (χ2v) is 6.06. The molecule has 0 saturated heterocycles. The van der Waals surface area contributed by atoms with Crippen LogP contribution < -0.4 is 9.47 Å². The molecule has 8 heteroatoms. The Morgan fingerprint density at radius 1 is 1.07 bits per heavy atom. The average Bonchev–Trinajstić information content (AvgIpc) is 2.57. The fourth-order valence-corrected chi connectivity index (χ4v) is 2.29. The van der Waals surface area contributed by atoms with Crippen LogP contribution in [-0.2, 0) is 6.18 Å². The Balaban J connectivity index is 2.13. The van der Waals surface area contributed by atoms with Crippen molar-refractivity contribution in [2.75, 3.05) is 27.2 Å². The van der Waals surface area contributed by atoms with E-state index in [0.29, 0.717) is 30.6 Å². The van der Waals surface area contributed by atoms with Crippen LogP contribution >= 0.6 is 0 Å². The molecule has 0 atom stereocenters. The highest BCUT2D eigenvalue weighted by molar-refractivity contribution is 5.79. The van der Waals surface area contributed by atoms with E-state index >= 15 is 0 Å². The maximum Gasteiger partial charge on any atom is 0.419 e. The zero-order valence-electron chi connectivity index (χ0n) is 14.8. The smallest absolute Gasteiger partial charge is 0.419 e. The first kappa shape index (κ1) is 20.7. The highest BCUT2D eigenvalue weighted by atomic mass is 19.4. The number of halogens is 4. The number of carbonyl (C=O) groups is 1. The van der Waals surface area contributed by atoms with E-state index in [9.17, 15) is 22.4 Å². The molecule has 0 aliphatic rings. The van der Waals surface area contributed by atoms with E-state index in [1.807, 2.05) is 19.0 Å². The first-order valence-corrected chi connectivity index (χ1v) is 8.12. The summed E-state index contributed by atoms with van der Waals surface area (Å²) in [6, 6.07) is 6.65. The third kappa shape index (κ3) is 5.96. The molecular formula is C19H19F4NO3. The van der Waals surface area contributed by atoms with Gasteiger partial charge in [-0.2, -0.15) is 13.2 Å². The second kappa shape index (κ2) is 8.85. The third-order valence-electron chi connectivity index (χ3n) is 3.60. The van der Waals surface area contributed by atoms with Gasteiger partial charge in [-0.1, -0.05) is 0 Å². The van der Waals surface area contributed by atoms with E-state index in [1.54, 1.807) is 0 Å². The minimum atomic E-state index is -4.78. The summed E-state index contributed by atoms with van der Waals surface area (Å²) in [4.78, 5) is 13.1. The van der Waals surface area contributed by atoms with Crippen molar-refractivity contribution in [3.05, 3.63) is 53.3 Å². The molecular weight excluding hydrogens is 366 g/mol. The van der Waals surface area contributed by atoms with Crippen molar-refractivity contribution in [3.8, 4) is 17.2 Å². The summed E-state index contributed by atoms with van der Waals surface area (Å²) in [5, 5.41) is 0. The van der Waals surface area contributed by atoms with Gasteiger partial charge in [0.1, 0.15) is 23.1 Å². The summed E-state index contributed by atoms with van der Waals surface area (Å²) in [5.41, 5.74) is -1.05. The number of alkyl halides is 3. The Labute approximate surface area is 154 Å². The van der Waals surface area contributed by atoms with Gasteiger partial charge in [-0.25, -0.2) is 4.39 Å². The lowest BCUT2D eigenvalue weighted by molar-refractivity contribution is -0.140. The molecule has 146 valence electrons. The fraction of sp³-hybridized carbons (Fsp3) is 0.316. The molecule has 0 aliphatic carbocycles. The summed E-state index contributed by atoms with van der Waals surface area (Å²) in [5.74, 6) is -1.03. The van der Waals surface area contributed by atoms with Gasteiger partial charge in [-0.05, 0) is 44.8 Å². The number of hydrogen-bond acceptors (Lipinski definition) is 4. The minimum Gasteiger partial charge on any atom is -0.493 e. The lowest BCUT2D eigenvalue weighted by Crippen LogP contribution is -2.15. The molecule has 0 amide bonds. The Bertz CT molecular complexity index is 791. The van der Waals surface area contributed by atoms with Crippen LogP contribution in [0, 0.1) is 5.82 Å². The number of aldehydes is 1. The molecule has 0 aliphatic heterocycles. The zero-order valence-corrected chi connectivity index (χ0v) is 14.8. The standard InChI is InChI=1S/C19H19F4NO3/c1-24(2)8-3-9-26-18-11-15(5-4-13(18)12-25)27-14-6-7-16(17(20)10-14)19(21,22)23/h4-7,10-12H,3,8-9H2,1-2H3. The van der Waals surface area contributed by atoms with Crippen molar-refractivity contribution in [2.24, 2.45) is 0 Å². The molecule has 0 unspecified atom stereocenters. The minimum absolute atomic E-state index is 0.0992. The summed E-state index contributed by atoms with van der Waals surface area (Å²) in [6.07, 6.45) is -3.41. The van der Waals surface area contributed by atoms with Gasteiger partial charge in [0.05, 0.1) is 17.7 Å². The Morgan fingerprint density at radius 2 is 1.74 bits per heavy atom. The molecule has 0 N–H and O–H groups in total. The zero-order chi connectivity index (χ0) is 20.0. The van der Waals surface area contributed by atoms with Crippen LogP contribution in [0.4, 0.5) is 17.6 Å². The first-order chi connectivity index (χ1) is 12.7. The summed E-state index contributed by atoms with van der Waals surface area (Å²) in [6.45, 7) is 1.18. The largest absolute Gasteiger partial charge is 0.493 e. The van der Waals surface area contributed by atoms with E-state index in [1.165, 1.54) is 18.2 Å². The molecule has 2 rings (SSSR count). The van der Waals surface area contributed by atoms with Crippen molar-refractivity contribution in [3.63, 3.8) is 0 Å². The molecule has 0 radical (unpaired) electrons. The van der Waals surface area contributed by atoms with E-state index < -0.39 is 17.6 Å². The predicted molar refractivity (Wildman–Crippen MR) is 92.0 cm³/mol. The summed E-state index contributed by atoms with van der Waals surface area (Å²) < 4.78 is 62.4. The summed E-state index contributed by atoms with van der Waals surface area (Å²) in [7, 11) is 3.85. The van der Waals surface area contributed by atoms with Crippen molar-refractivity contribution in [1.29, 1.82) is 0 Å². The number of hydrogen-bond donors (Lipinski definition) is 0. The van der Waals surface area contributed by atoms with Crippen molar-refractivity contribution in [2.45, 2.75) is 12.6 Å². The SMILES string of the molecule is CN(C)CCCOc1cc(Oc2ccc(C(F)(F)F)c(F)c2)ccc1C=O. The maximum absolute atomic E-state index is 13.6. The van der Waals surface area contributed by atoms with E-state index in [2.05, 4.69) is 0 Å². The molecule has 0 heterocycles. The lowest BCUT2D eigenvalue weighted by atomic mass is 10.2.